The first-order chi connectivity index (χ1) is 16.4. The zero-order valence-corrected chi connectivity index (χ0v) is 17.7. The number of hydrogen-bond donors (Lipinski definition) is 1. The maximum Gasteiger partial charge on any atom is 0.416 e. The van der Waals surface area contributed by atoms with E-state index in [1.807, 2.05) is 30.3 Å². The molecule has 3 aromatic heterocycles. The molecule has 2 aromatic carbocycles. The molecule has 1 unspecified atom stereocenters. The van der Waals surface area contributed by atoms with E-state index in [2.05, 4.69) is 25.0 Å². The van der Waals surface area contributed by atoms with Gasteiger partial charge >= 0.3 is 6.18 Å². The van der Waals surface area contributed by atoms with Gasteiger partial charge in [0.1, 0.15) is 11.3 Å². The number of nitrogens with zero attached hydrogens (tertiary/aromatic N) is 4. The molecule has 34 heavy (non-hydrogen) atoms. The lowest BCUT2D eigenvalue weighted by Crippen LogP contribution is -2.34. The SMILES string of the molecule is FC(F)(F)c1ccc(-c2noc(C3Cc4nc[nH]c4CN3Cc3cc4ccccc4o3)n2)cc1. The van der Waals surface area contributed by atoms with Gasteiger partial charge in [0, 0.05) is 23.9 Å². The van der Waals surface area contributed by atoms with Gasteiger partial charge in [0.05, 0.1) is 35.9 Å². The predicted molar refractivity (Wildman–Crippen MR) is 115 cm³/mol. The van der Waals surface area contributed by atoms with Gasteiger partial charge in [-0.05, 0) is 24.3 Å². The van der Waals surface area contributed by atoms with Crippen LogP contribution in [-0.4, -0.2) is 25.0 Å². The Morgan fingerprint density at radius 2 is 1.91 bits per heavy atom. The lowest BCUT2D eigenvalue weighted by Gasteiger charge is -2.31. The fourth-order valence-electron chi connectivity index (χ4n) is 4.31. The van der Waals surface area contributed by atoms with Crippen LogP contribution in [0.4, 0.5) is 13.2 Å². The molecule has 1 aliphatic heterocycles. The van der Waals surface area contributed by atoms with Crippen LogP contribution >= 0.6 is 0 Å². The molecule has 0 saturated heterocycles. The fourth-order valence-corrected chi connectivity index (χ4v) is 4.31. The molecule has 10 heteroatoms. The van der Waals surface area contributed by atoms with Gasteiger partial charge in [-0.15, -0.1) is 0 Å². The van der Waals surface area contributed by atoms with Crippen LogP contribution in [0.3, 0.4) is 0 Å². The first kappa shape index (κ1) is 20.7. The van der Waals surface area contributed by atoms with Gasteiger partial charge in [-0.1, -0.05) is 35.5 Å². The summed E-state index contributed by atoms with van der Waals surface area (Å²) in [6.45, 7) is 1.09. The number of fused-ring (bicyclic) bond motifs is 2. The zero-order valence-electron chi connectivity index (χ0n) is 17.7. The molecule has 5 aromatic rings. The monoisotopic (exact) mass is 465 g/mol. The summed E-state index contributed by atoms with van der Waals surface area (Å²) >= 11 is 0. The Morgan fingerprint density at radius 1 is 1.09 bits per heavy atom. The highest BCUT2D eigenvalue weighted by atomic mass is 19.4. The van der Waals surface area contributed by atoms with Gasteiger partial charge in [-0.3, -0.25) is 4.90 Å². The minimum atomic E-state index is -4.40. The second kappa shape index (κ2) is 7.84. The third kappa shape index (κ3) is 3.75. The Kier molecular flexibility index (Phi) is 4.77. The highest BCUT2D eigenvalue weighted by Crippen LogP contribution is 2.35. The first-order valence-electron chi connectivity index (χ1n) is 10.7. The van der Waals surface area contributed by atoms with Crippen molar-refractivity contribution in [3.8, 4) is 11.4 Å². The predicted octanol–water partition coefficient (Wildman–Crippen LogP) is 5.52. The number of para-hydroxylation sites is 1. The van der Waals surface area contributed by atoms with Crippen LogP contribution in [0.5, 0.6) is 0 Å². The molecule has 0 aliphatic carbocycles. The summed E-state index contributed by atoms with van der Waals surface area (Å²) in [7, 11) is 0. The normalized spacial score (nSPS) is 16.7. The topological polar surface area (TPSA) is 84.0 Å². The van der Waals surface area contributed by atoms with Crippen LogP contribution in [-0.2, 0) is 25.7 Å². The van der Waals surface area contributed by atoms with E-state index in [1.165, 1.54) is 12.1 Å². The summed E-state index contributed by atoms with van der Waals surface area (Å²) in [4.78, 5) is 14.3. The van der Waals surface area contributed by atoms with Crippen molar-refractivity contribution in [2.45, 2.75) is 31.7 Å². The van der Waals surface area contributed by atoms with Gasteiger partial charge in [-0.2, -0.15) is 18.2 Å². The van der Waals surface area contributed by atoms with E-state index in [0.29, 0.717) is 31.0 Å². The summed E-state index contributed by atoms with van der Waals surface area (Å²) in [5.41, 5.74) is 2.46. The molecule has 0 bridgehead atoms. The first-order valence-corrected chi connectivity index (χ1v) is 10.7. The van der Waals surface area contributed by atoms with Gasteiger partial charge in [-0.25, -0.2) is 4.98 Å². The van der Waals surface area contributed by atoms with Crippen LogP contribution in [0.25, 0.3) is 22.4 Å². The number of alkyl halides is 3. The Hall–Kier alpha value is -3.92. The average Bonchev–Trinajstić information content (AvgIpc) is 3.57. The van der Waals surface area contributed by atoms with Gasteiger partial charge in [0.2, 0.25) is 11.7 Å². The summed E-state index contributed by atoms with van der Waals surface area (Å²) in [6.07, 6.45) is -2.19. The lowest BCUT2D eigenvalue weighted by atomic mass is 10.0. The molecular formula is C24H18F3N5O2. The third-order valence-electron chi connectivity index (χ3n) is 6.03. The number of H-pyrrole nitrogens is 1. The number of imidazole rings is 1. The molecule has 1 atom stereocenters. The molecular weight excluding hydrogens is 447 g/mol. The number of nitrogens with one attached hydrogen (secondary N) is 1. The maximum absolute atomic E-state index is 12.9. The van der Waals surface area contributed by atoms with Crippen molar-refractivity contribution in [1.82, 2.24) is 25.0 Å². The minimum absolute atomic E-state index is 0.236. The number of aromatic nitrogens is 4. The number of aromatic amines is 1. The van der Waals surface area contributed by atoms with E-state index in [0.717, 1.165) is 40.3 Å². The van der Waals surface area contributed by atoms with Gasteiger partial charge < -0.3 is 13.9 Å². The molecule has 0 spiro atoms. The zero-order chi connectivity index (χ0) is 23.3. The van der Waals surface area contributed by atoms with Crippen molar-refractivity contribution >= 4 is 11.0 Å². The third-order valence-corrected chi connectivity index (χ3v) is 6.03. The van der Waals surface area contributed by atoms with Crippen LogP contribution in [0.15, 0.2) is 69.9 Å². The molecule has 0 radical (unpaired) electrons. The number of benzene rings is 2. The van der Waals surface area contributed by atoms with Crippen molar-refractivity contribution < 1.29 is 22.1 Å². The van der Waals surface area contributed by atoms with E-state index in [-0.39, 0.29) is 11.9 Å². The average molecular weight is 465 g/mol. The molecule has 6 rings (SSSR count). The molecule has 0 saturated carbocycles. The van der Waals surface area contributed by atoms with Crippen LogP contribution in [0.2, 0.25) is 0 Å². The number of hydrogen-bond acceptors (Lipinski definition) is 6. The van der Waals surface area contributed by atoms with Crippen molar-refractivity contribution in [2.75, 3.05) is 0 Å². The van der Waals surface area contributed by atoms with Gasteiger partial charge in [0.15, 0.2) is 0 Å². The molecule has 1 aliphatic rings. The van der Waals surface area contributed by atoms with Crippen LogP contribution in [0.1, 0.15) is 34.6 Å². The molecule has 4 heterocycles. The smallest absolute Gasteiger partial charge is 0.416 e. The molecule has 0 amide bonds. The van der Waals surface area contributed by atoms with Crippen molar-refractivity contribution in [3.63, 3.8) is 0 Å². The Bertz CT molecular complexity index is 1420. The van der Waals surface area contributed by atoms with E-state index in [1.54, 1.807) is 6.33 Å². The quantitative estimate of drug-likeness (QED) is 0.376. The largest absolute Gasteiger partial charge is 0.460 e. The van der Waals surface area contributed by atoms with Gasteiger partial charge in [0.25, 0.3) is 0 Å². The van der Waals surface area contributed by atoms with Crippen molar-refractivity contribution in [1.29, 1.82) is 0 Å². The summed E-state index contributed by atoms with van der Waals surface area (Å²) in [5, 5.41) is 5.05. The number of rotatable bonds is 4. The fraction of sp³-hybridized carbons (Fsp3) is 0.208. The van der Waals surface area contributed by atoms with Crippen molar-refractivity contribution in [3.05, 3.63) is 89.5 Å². The summed E-state index contributed by atoms with van der Waals surface area (Å²) in [6, 6.07) is 14.3. The number of furan rings is 1. The summed E-state index contributed by atoms with van der Waals surface area (Å²) in [5.74, 6) is 1.41. The van der Waals surface area contributed by atoms with Crippen LogP contribution in [0, 0.1) is 0 Å². The Labute approximate surface area is 191 Å². The van der Waals surface area contributed by atoms with E-state index >= 15 is 0 Å². The molecule has 172 valence electrons. The lowest BCUT2D eigenvalue weighted by molar-refractivity contribution is -0.137. The Morgan fingerprint density at radius 3 is 2.71 bits per heavy atom. The second-order valence-corrected chi connectivity index (χ2v) is 8.23. The minimum Gasteiger partial charge on any atom is -0.460 e. The molecule has 0 fully saturated rings. The molecule has 1 N–H and O–H groups in total. The molecule has 7 nitrogen and oxygen atoms in total. The van der Waals surface area contributed by atoms with E-state index in [4.69, 9.17) is 8.94 Å². The Balaban J connectivity index is 1.30. The highest BCUT2D eigenvalue weighted by molar-refractivity contribution is 5.77. The van der Waals surface area contributed by atoms with E-state index < -0.39 is 11.7 Å². The second-order valence-electron chi connectivity index (χ2n) is 8.23. The standard InChI is InChI=1S/C24H18F3N5O2/c25-24(26,27)16-7-5-14(6-8-16)22-30-23(34-31-22)20-10-18-19(29-13-28-18)12-32(20)11-17-9-15-3-1-2-4-21(15)33-17/h1-9,13,20H,10-12H2,(H,28,29). The van der Waals surface area contributed by atoms with Crippen molar-refractivity contribution in [2.24, 2.45) is 0 Å². The van der Waals surface area contributed by atoms with E-state index in [9.17, 15) is 13.2 Å². The van der Waals surface area contributed by atoms with Crippen LogP contribution < -0.4 is 0 Å². The highest BCUT2D eigenvalue weighted by Gasteiger charge is 2.34. The maximum atomic E-state index is 12.9. The number of halogens is 3. The summed E-state index contributed by atoms with van der Waals surface area (Å²) < 4.78 is 50.2.